The number of Topliss-reactive ketones (excluding diaryl/α,β-unsaturated/α-hetero) is 1. The van der Waals surface area contributed by atoms with Crippen molar-refractivity contribution in [3.8, 4) is 11.1 Å². The number of aliphatic hydroxyl groups is 1. The average molecular weight is 559 g/mol. The first kappa shape index (κ1) is 26.7. The number of hydrogen-bond donors (Lipinski definition) is 1. The molecule has 1 saturated carbocycles. The van der Waals surface area contributed by atoms with Crippen LogP contribution in [0.2, 0.25) is 10.0 Å². The summed E-state index contributed by atoms with van der Waals surface area (Å²) in [5, 5.41) is 10.8. The van der Waals surface area contributed by atoms with Gasteiger partial charge in [0, 0.05) is 34.5 Å². The van der Waals surface area contributed by atoms with Crippen LogP contribution in [0, 0.1) is 0 Å². The van der Waals surface area contributed by atoms with Crippen LogP contribution in [0.4, 0.5) is 4.39 Å². The fourth-order valence-electron chi connectivity index (χ4n) is 4.64. The van der Waals surface area contributed by atoms with Gasteiger partial charge in [-0.3, -0.25) is 19.4 Å². The van der Waals surface area contributed by atoms with Gasteiger partial charge in [0.25, 0.3) is 5.91 Å². The van der Waals surface area contributed by atoms with Gasteiger partial charge in [0.05, 0.1) is 29.4 Å². The minimum atomic E-state index is -2.47. The zero-order valence-electron chi connectivity index (χ0n) is 20.5. The van der Waals surface area contributed by atoms with Gasteiger partial charge in [-0.15, -0.1) is 0 Å². The summed E-state index contributed by atoms with van der Waals surface area (Å²) >= 11 is 12.1. The summed E-state index contributed by atoms with van der Waals surface area (Å²) in [5.41, 5.74) is 0.980. The Morgan fingerprint density at radius 3 is 2.39 bits per heavy atom. The second-order valence-corrected chi connectivity index (χ2v) is 10.4. The molecule has 0 bridgehead atoms. The molecule has 1 aromatic heterocycles. The van der Waals surface area contributed by atoms with Crippen LogP contribution in [-0.4, -0.2) is 52.3 Å². The Balaban J connectivity index is 1.63. The van der Waals surface area contributed by atoms with Crippen molar-refractivity contribution in [2.24, 2.45) is 0 Å². The third-order valence-corrected chi connectivity index (χ3v) is 7.26. The first-order chi connectivity index (χ1) is 18.2. The first-order valence-corrected chi connectivity index (χ1v) is 12.9. The number of alkyl halides is 1. The van der Waals surface area contributed by atoms with Crippen LogP contribution in [0.1, 0.15) is 51.7 Å². The van der Waals surface area contributed by atoms with Gasteiger partial charge in [-0.1, -0.05) is 35.3 Å². The van der Waals surface area contributed by atoms with Crippen molar-refractivity contribution < 1.29 is 28.7 Å². The van der Waals surface area contributed by atoms with Crippen molar-refractivity contribution in [1.29, 1.82) is 0 Å². The van der Waals surface area contributed by atoms with Crippen molar-refractivity contribution >= 4 is 34.9 Å². The number of hydrogen-bond acceptors (Lipinski definition) is 6. The topological polar surface area (TPSA) is 89.0 Å². The summed E-state index contributed by atoms with van der Waals surface area (Å²) in [6.07, 6.45) is 2.40. The van der Waals surface area contributed by atoms with Crippen molar-refractivity contribution in [1.82, 2.24) is 10.0 Å². The Kier molecular flexibility index (Phi) is 7.28. The van der Waals surface area contributed by atoms with Gasteiger partial charge in [0.2, 0.25) is 5.79 Å². The molecule has 1 aliphatic heterocycles. The summed E-state index contributed by atoms with van der Waals surface area (Å²) in [7, 11) is 0. The molecule has 38 heavy (non-hydrogen) atoms. The molecule has 1 N–H and O–H groups in total. The molecular weight excluding hydrogens is 534 g/mol. The van der Waals surface area contributed by atoms with Crippen LogP contribution in [0.15, 0.2) is 54.7 Å². The molecule has 7 nitrogen and oxygen atoms in total. The minimum absolute atomic E-state index is 0.0280. The van der Waals surface area contributed by atoms with E-state index in [4.69, 9.17) is 37.9 Å². The van der Waals surface area contributed by atoms with Gasteiger partial charge >= 0.3 is 0 Å². The molecule has 1 amide bonds. The Hall–Kier alpha value is -2.88. The van der Waals surface area contributed by atoms with Crippen LogP contribution >= 0.6 is 23.2 Å². The van der Waals surface area contributed by atoms with Crippen LogP contribution in [-0.2, 0) is 21.8 Å². The van der Waals surface area contributed by atoms with Crippen molar-refractivity contribution in [2.75, 3.05) is 19.8 Å². The van der Waals surface area contributed by atoms with E-state index in [1.165, 1.54) is 19.2 Å². The number of carbonyl (C=O) groups excluding carboxylic acids is 2. The molecule has 1 fully saturated rings. The summed E-state index contributed by atoms with van der Waals surface area (Å²) < 4.78 is 23.2. The van der Waals surface area contributed by atoms with E-state index in [-0.39, 0.29) is 48.7 Å². The lowest BCUT2D eigenvalue weighted by Gasteiger charge is -2.32. The minimum Gasteiger partial charge on any atom is -0.394 e. The number of ether oxygens (including phenoxy) is 1. The van der Waals surface area contributed by atoms with Crippen LogP contribution in [0.5, 0.6) is 0 Å². The van der Waals surface area contributed by atoms with E-state index in [0.717, 1.165) is 5.06 Å². The van der Waals surface area contributed by atoms with Gasteiger partial charge in [-0.2, -0.15) is 5.06 Å². The largest absolute Gasteiger partial charge is 0.394 e. The lowest BCUT2D eigenvalue weighted by molar-refractivity contribution is -0.244. The number of amides is 1. The smallest absolute Gasteiger partial charge is 0.281 e. The van der Waals surface area contributed by atoms with E-state index >= 15 is 4.39 Å². The highest BCUT2D eigenvalue weighted by molar-refractivity contribution is 6.30. The van der Waals surface area contributed by atoms with Gasteiger partial charge in [0.1, 0.15) is 6.61 Å². The molecule has 0 spiro atoms. The SMILES string of the molecule is CC(=O)c1cc2c(c(-c3ccc(Cl)cc3)c1)C(F)(Cc1ccc(Cl)cn1)N(OCC1(OCCO)CC1)C2=O. The highest BCUT2D eigenvalue weighted by atomic mass is 35.5. The van der Waals surface area contributed by atoms with E-state index < -0.39 is 17.3 Å². The van der Waals surface area contributed by atoms with Gasteiger partial charge in [-0.05, 0) is 67.3 Å². The molecule has 198 valence electrons. The molecule has 2 aliphatic rings. The van der Waals surface area contributed by atoms with E-state index in [9.17, 15) is 9.59 Å². The summed E-state index contributed by atoms with van der Waals surface area (Å²) in [6.45, 7) is 1.25. The number of ketones is 1. The summed E-state index contributed by atoms with van der Waals surface area (Å²) in [5.74, 6) is -3.45. The number of aromatic nitrogens is 1. The zero-order chi connectivity index (χ0) is 27.1. The second-order valence-electron chi connectivity index (χ2n) is 9.54. The van der Waals surface area contributed by atoms with E-state index in [1.54, 1.807) is 42.5 Å². The van der Waals surface area contributed by atoms with Gasteiger partial charge < -0.3 is 9.84 Å². The second kappa shape index (κ2) is 10.4. The normalized spacial score (nSPS) is 19.5. The first-order valence-electron chi connectivity index (χ1n) is 12.1. The number of hydroxylamine groups is 2. The maximum atomic E-state index is 17.5. The predicted molar refractivity (Wildman–Crippen MR) is 140 cm³/mol. The molecular formula is C28H25Cl2FN2O5. The number of nitrogens with zero attached hydrogens (tertiary/aromatic N) is 2. The van der Waals surface area contributed by atoms with Crippen LogP contribution in [0.3, 0.4) is 0 Å². The Morgan fingerprint density at radius 1 is 1.11 bits per heavy atom. The van der Waals surface area contributed by atoms with Crippen molar-refractivity contribution in [3.05, 3.63) is 87.2 Å². The Morgan fingerprint density at radius 2 is 1.79 bits per heavy atom. The summed E-state index contributed by atoms with van der Waals surface area (Å²) in [6, 6.07) is 12.9. The third kappa shape index (κ3) is 5.07. The molecule has 1 unspecified atom stereocenters. The maximum absolute atomic E-state index is 17.5. The fraction of sp³-hybridized carbons (Fsp3) is 0.321. The molecule has 5 rings (SSSR count). The molecule has 0 radical (unpaired) electrons. The summed E-state index contributed by atoms with van der Waals surface area (Å²) in [4.78, 5) is 36.3. The molecule has 2 aromatic carbocycles. The molecule has 0 saturated heterocycles. The maximum Gasteiger partial charge on any atom is 0.281 e. The lowest BCUT2D eigenvalue weighted by atomic mass is 9.87. The lowest BCUT2D eigenvalue weighted by Crippen LogP contribution is -2.44. The number of carbonyl (C=O) groups is 2. The highest BCUT2D eigenvalue weighted by Gasteiger charge is 2.56. The fourth-order valence-corrected chi connectivity index (χ4v) is 4.88. The average Bonchev–Trinajstić information content (AvgIpc) is 3.64. The quantitative estimate of drug-likeness (QED) is 0.259. The number of halogens is 3. The Labute approximate surface area is 229 Å². The molecule has 3 aromatic rings. The number of rotatable bonds is 10. The van der Waals surface area contributed by atoms with E-state index in [0.29, 0.717) is 39.7 Å². The number of benzene rings is 2. The van der Waals surface area contributed by atoms with Crippen LogP contribution < -0.4 is 0 Å². The monoisotopic (exact) mass is 558 g/mol. The number of aliphatic hydroxyl groups excluding tert-OH is 1. The van der Waals surface area contributed by atoms with Crippen LogP contribution in [0.25, 0.3) is 11.1 Å². The highest BCUT2D eigenvalue weighted by Crippen LogP contribution is 2.49. The molecule has 2 heterocycles. The standard InChI is InChI=1S/C28H25Cl2FN2O5/c1-17(35)19-12-23(18-2-4-20(29)5-3-18)25-24(13-19)26(36)33(38-16-27(8-9-27)37-11-10-34)28(25,31)14-22-7-6-21(30)15-32-22/h2-7,12-13,15,34H,8-11,14,16H2,1H3. The predicted octanol–water partition coefficient (Wildman–Crippen LogP) is 5.55. The van der Waals surface area contributed by atoms with Gasteiger partial charge in [-0.25, -0.2) is 4.39 Å². The van der Waals surface area contributed by atoms with Crippen molar-refractivity contribution in [3.63, 3.8) is 0 Å². The van der Waals surface area contributed by atoms with E-state index in [2.05, 4.69) is 4.98 Å². The molecule has 10 heteroatoms. The van der Waals surface area contributed by atoms with E-state index in [1.807, 2.05) is 0 Å². The third-order valence-electron chi connectivity index (χ3n) is 6.79. The number of fused-ring (bicyclic) bond motifs is 1. The van der Waals surface area contributed by atoms with Gasteiger partial charge in [0.15, 0.2) is 5.78 Å². The Bertz CT molecular complexity index is 1380. The number of pyridine rings is 1. The molecule has 1 atom stereocenters. The van der Waals surface area contributed by atoms with Crippen molar-refractivity contribution in [2.45, 2.75) is 37.6 Å². The molecule has 1 aliphatic carbocycles. The zero-order valence-corrected chi connectivity index (χ0v) is 22.1.